The van der Waals surface area contributed by atoms with Gasteiger partial charge in [-0.2, -0.15) is 0 Å². The Morgan fingerprint density at radius 1 is 0.771 bits per heavy atom. The number of rotatable bonds is 8. The summed E-state index contributed by atoms with van der Waals surface area (Å²) < 4.78 is 12.3. The minimum atomic E-state index is -0.853. The van der Waals surface area contributed by atoms with E-state index in [0.29, 0.717) is 12.8 Å². The van der Waals surface area contributed by atoms with Gasteiger partial charge in [-0.1, -0.05) is 67.1 Å². The highest BCUT2D eigenvalue weighted by atomic mass is 16.6. The lowest BCUT2D eigenvalue weighted by molar-refractivity contribution is -0.394. The molecule has 9 heteroatoms. The molecular weight excluding hydrogens is 452 g/mol. The summed E-state index contributed by atoms with van der Waals surface area (Å²) in [6.45, 7) is 0. The summed E-state index contributed by atoms with van der Waals surface area (Å²) in [5.41, 5.74) is 0.594. The van der Waals surface area contributed by atoms with Crippen molar-refractivity contribution in [2.24, 2.45) is 0 Å². The van der Waals surface area contributed by atoms with E-state index in [-0.39, 0.29) is 11.7 Å². The minimum absolute atomic E-state index is 0.238. The average molecular weight is 476 g/mol. The first-order valence-corrected chi connectivity index (χ1v) is 11.3. The SMILES string of the molecule is O=C(O[C@@H]1CCCC[C@H]1OC(c1ccccc1)c1ccccc1)c1cc([N+](=O)[O-])cc([N+](=O)[O-])c1. The highest BCUT2D eigenvalue weighted by molar-refractivity contribution is 5.91. The molecule has 1 aliphatic carbocycles. The van der Waals surface area contributed by atoms with Gasteiger partial charge in [-0.05, 0) is 30.4 Å². The van der Waals surface area contributed by atoms with Crippen molar-refractivity contribution in [2.75, 3.05) is 0 Å². The Morgan fingerprint density at radius 3 is 1.74 bits per heavy atom. The van der Waals surface area contributed by atoms with Crippen molar-refractivity contribution in [2.45, 2.75) is 44.0 Å². The lowest BCUT2D eigenvalue weighted by Gasteiger charge is -2.34. The number of esters is 1. The third kappa shape index (κ3) is 5.88. The molecular formula is C26H24N2O7. The summed E-state index contributed by atoms with van der Waals surface area (Å²) >= 11 is 0. The molecule has 2 atom stereocenters. The van der Waals surface area contributed by atoms with E-state index in [9.17, 15) is 25.0 Å². The molecule has 0 aliphatic heterocycles. The number of carbonyl (C=O) groups excluding carboxylic acids is 1. The van der Waals surface area contributed by atoms with Crippen LogP contribution in [-0.2, 0) is 9.47 Å². The van der Waals surface area contributed by atoms with Gasteiger partial charge in [0.25, 0.3) is 11.4 Å². The smallest absolute Gasteiger partial charge is 0.339 e. The minimum Gasteiger partial charge on any atom is -0.456 e. The Morgan fingerprint density at radius 2 is 1.26 bits per heavy atom. The molecule has 35 heavy (non-hydrogen) atoms. The van der Waals surface area contributed by atoms with Crippen molar-refractivity contribution in [3.8, 4) is 0 Å². The third-order valence-corrected chi connectivity index (χ3v) is 5.98. The fourth-order valence-electron chi connectivity index (χ4n) is 4.26. The molecule has 3 aromatic carbocycles. The lowest BCUT2D eigenvalue weighted by Crippen LogP contribution is -2.37. The molecule has 0 N–H and O–H groups in total. The van der Waals surface area contributed by atoms with Gasteiger partial charge >= 0.3 is 5.97 Å². The second-order valence-corrected chi connectivity index (χ2v) is 8.36. The molecule has 0 saturated heterocycles. The van der Waals surface area contributed by atoms with E-state index in [2.05, 4.69) is 0 Å². The number of hydrogen-bond acceptors (Lipinski definition) is 7. The maximum Gasteiger partial charge on any atom is 0.339 e. The van der Waals surface area contributed by atoms with Gasteiger partial charge in [-0.15, -0.1) is 0 Å². The van der Waals surface area contributed by atoms with E-state index < -0.39 is 39.4 Å². The van der Waals surface area contributed by atoms with Crippen LogP contribution in [0, 0.1) is 20.2 Å². The number of carbonyl (C=O) groups is 1. The van der Waals surface area contributed by atoms with Crippen LogP contribution < -0.4 is 0 Å². The van der Waals surface area contributed by atoms with Gasteiger partial charge in [-0.25, -0.2) is 4.79 Å². The largest absolute Gasteiger partial charge is 0.456 e. The number of hydrogen-bond donors (Lipinski definition) is 0. The first kappa shape index (κ1) is 24.0. The zero-order valence-electron chi connectivity index (χ0n) is 18.8. The van der Waals surface area contributed by atoms with Crippen LogP contribution in [-0.4, -0.2) is 28.0 Å². The molecule has 0 amide bonds. The fraction of sp³-hybridized carbons (Fsp3) is 0.269. The molecule has 180 valence electrons. The summed E-state index contributed by atoms with van der Waals surface area (Å²) in [4.78, 5) is 33.7. The predicted molar refractivity (Wildman–Crippen MR) is 127 cm³/mol. The Bertz CT molecular complexity index is 1130. The quantitative estimate of drug-likeness (QED) is 0.229. The standard InChI is InChI=1S/C26H24N2O7/c29-26(20-15-21(27(30)31)17-22(16-20)28(32)33)35-24-14-8-7-13-23(24)34-25(18-9-3-1-4-10-18)19-11-5-2-6-12-19/h1-6,9-12,15-17,23-25H,7-8,13-14H2/t23-,24-/m1/s1. The van der Waals surface area contributed by atoms with Gasteiger partial charge in [0, 0.05) is 12.1 Å². The molecule has 0 unspecified atom stereocenters. The van der Waals surface area contributed by atoms with Gasteiger partial charge in [0.05, 0.1) is 27.6 Å². The highest BCUT2D eigenvalue weighted by Gasteiger charge is 2.33. The van der Waals surface area contributed by atoms with Crippen LogP contribution in [0.1, 0.15) is 53.3 Å². The molecule has 0 spiro atoms. The molecule has 1 saturated carbocycles. The van der Waals surface area contributed by atoms with Gasteiger partial charge in [0.1, 0.15) is 12.2 Å². The number of nitrogens with zero attached hydrogens (tertiary/aromatic N) is 2. The summed E-state index contributed by atoms with van der Waals surface area (Å²) in [5.74, 6) is -0.853. The highest BCUT2D eigenvalue weighted by Crippen LogP contribution is 2.34. The monoisotopic (exact) mass is 476 g/mol. The zero-order chi connectivity index (χ0) is 24.8. The van der Waals surface area contributed by atoms with E-state index in [1.54, 1.807) is 0 Å². The van der Waals surface area contributed by atoms with Gasteiger partial charge in [0.2, 0.25) is 0 Å². The first-order chi connectivity index (χ1) is 16.9. The van der Waals surface area contributed by atoms with Crippen LogP contribution in [0.15, 0.2) is 78.9 Å². The molecule has 0 aromatic heterocycles. The van der Waals surface area contributed by atoms with Crippen LogP contribution >= 0.6 is 0 Å². The molecule has 1 fully saturated rings. The normalized spacial score (nSPS) is 17.6. The van der Waals surface area contributed by atoms with Crippen molar-refractivity contribution in [3.63, 3.8) is 0 Å². The van der Waals surface area contributed by atoms with E-state index in [0.717, 1.165) is 42.2 Å². The van der Waals surface area contributed by atoms with Gasteiger partial charge in [-0.3, -0.25) is 20.2 Å². The van der Waals surface area contributed by atoms with Crippen molar-refractivity contribution >= 4 is 17.3 Å². The first-order valence-electron chi connectivity index (χ1n) is 11.3. The van der Waals surface area contributed by atoms with E-state index in [4.69, 9.17) is 9.47 Å². The lowest BCUT2D eigenvalue weighted by atomic mass is 9.93. The Hall–Kier alpha value is -4.11. The van der Waals surface area contributed by atoms with Crippen LogP contribution in [0.2, 0.25) is 0 Å². The van der Waals surface area contributed by atoms with E-state index in [1.807, 2.05) is 60.7 Å². The van der Waals surface area contributed by atoms with Crippen LogP contribution in [0.3, 0.4) is 0 Å². The summed E-state index contributed by atoms with van der Waals surface area (Å²) in [7, 11) is 0. The molecule has 0 bridgehead atoms. The van der Waals surface area contributed by atoms with Crippen molar-refractivity contribution < 1.29 is 24.1 Å². The molecule has 0 radical (unpaired) electrons. The zero-order valence-corrected chi connectivity index (χ0v) is 18.8. The van der Waals surface area contributed by atoms with Crippen LogP contribution in [0.25, 0.3) is 0 Å². The average Bonchev–Trinajstić information content (AvgIpc) is 2.88. The Labute approximate surface area is 201 Å². The molecule has 9 nitrogen and oxygen atoms in total. The number of non-ortho nitro benzene ring substituents is 2. The number of nitro benzene ring substituents is 2. The van der Waals surface area contributed by atoms with E-state index >= 15 is 0 Å². The topological polar surface area (TPSA) is 122 Å². The fourth-order valence-corrected chi connectivity index (χ4v) is 4.26. The van der Waals surface area contributed by atoms with Crippen molar-refractivity contribution in [3.05, 3.63) is 116 Å². The Kier molecular flexibility index (Phi) is 7.47. The molecule has 1 aliphatic rings. The third-order valence-electron chi connectivity index (χ3n) is 5.98. The number of nitro groups is 2. The summed E-state index contributed by atoms with van der Waals surface area (Å²) in [5, 5.41) is 22.4. The van der Waals surface area contributed by atoms with Crippen molar-refractivity contribution in [1.82, 2.24) is 0 Å². The van der Waals surface area contributed by atoms with Crippen molar-refractivity contribution in [1.29, 1.82) is 0 Å². The Balaban J connectivity index is 1.57. The molecule has 3 aromatic rings. The maximum absolute atomic E-state index is 12.9. The molecule has 4 rings (SSSR count). The van der Waals surface area contributed by atoms with Crippen LogP contribution in [0.4, 0.5) is 11.4 Å². The number of ether oxygens (including phenoxy) is 2. The second kappa shape index (κ2) is 10.9. The van der Waals surface area contributed by atoms with Gasteiger partial charge in [0.15, 0.2) is 0 Å². The van der Waals surface area contributed by atoms with Gasteiger partial charge < -0.3 is 9.47 Å². The van der Waals surface area contributed by atoms with E-state index in [1.165, 1.54) is 0 Å². The predicted octanol–water partition coefficient (Wildman–Crippen LogP) is 5.78. The second-order valence-electron chi connectivity index (χ2n) is 8.36. The number of benzene rings is 3. The van der Waals surface area contributed by atoms with Crippen LogP contribution in [0.5, 0.6) is 0 Å². The summed E-state index contributed by atoms with van der Waals surface area (Å²) in [6.07, 6.45) is 1.58. The summed E-state index contributed by atoms with van der Waals surface area (Å²) in [6, 6.07) is 22.3. The maximum atomic E-state index is 12.9. The molecule has 0 heterocycles.